The van der Waals surface area contributed by atoms with Crippen LogP contribution in [-0.2, 0) is 7.05 Å². The molecule has 0 aliphatic carbocycles. The Kier molecular flexibility index (Phi) is 4.06. The normalized spacial score (nSPS) is 15.7. The van der Waals surface area contributed by atoms with E-state index >= 15 is 0 Å². The van der Waals surface area contributed by atoms with Gasteiger partial charge in [-0.15, -0.1) is 0 Å². The van der Waals surface area contributed by atoms with Gasteiger partial charge in [0.2, 0.25) is 0 Å². The number of hydrogen-bond donors (Lipinski definition) is 0. The summed E-state index contributed by atoms with van der Waals surface area (Å²) in [6, 6.07) is 14.6. The van der Waals surface area contributed by atoms with Crippen LogP contribution in [0.1, 0.15) is 10.4 Å². The monoisotopic (exact) mass is 333 g/mol. The minimum atomic E-state index is 0.136. The Hall–Kier alpha value is -2.59. The molecular weight excluding hydrogens is 310 g/mol. The van der Waals surface area contributed by atoms with Crippen LogP contribution in [0.4, 0.5) is 0 Å². The lowest BCUT2D eigenvalue weighted by atomic mass is 9.97. The van der Waals surface area contributed by atoms with Gasteiger partial charge in [-0.25, -0.2) is 0 Å². The Morgan fingerprint density at radius 2 is 1.56 bits per heavy atom. The average Bonchev–Trinajstić information content (AvgIpc) is 3.03. The fraction of sp³-hybridized carbons (Fsp3) is 0.286. The van der Waals surface area contributed by atoms with E-state index < -0.39 is 0 Å². The van der Waals surface area contributed by atoms with E-state index in [9.17, 15) is 4.79 Å². The second kappa shape index (κ2) is 6.37. The molecule has 4 nitrogen and oxygen atoms in total. The predicted octanol–water partition coefficient (Wildman–Crippen LogP) is 3.23. The second-order valence-corrected chi connectivity index (χ2v) is 6.87. The highest BCUT2D eigenvalue weighted by Crippen LogP contribution is 2.32. The van der Waals surface area contributed by atoms with Gasteiger partial charge in [0.1, 0.15) is 0 Å². The molecule has 1 aliphatic heterocycles. The Morgan fingerprint density at radius 3 is 2.36 bits per heavy atom. The van der Waals surface area contributed by atoms with E-state index in [4.69, 9.17) is 0 Å². The van der Waals surface area contributed by atoms with E-state index in [1.807, 2.05) is 28.8 Å². The zero-order valence-electron chi connectivity index (χ0n) is 14.8. The molecule has 25 heavy (non-hydrogen) atoms. The number of nitrogens with zero attached hydrogens (tertiary/aromatic N) is 3. The van der Waals surface area contributed by atoms with Crippen LogP contribution >= 0.6 is 0 Å². The van der Waals surface area contributed by atoms with Crippen molar-refractivity contribution in [3.8, 4) is 11.1 Å². The number of aryl methyl sites for hydroxylation is 1. The topological polar surface area (TPSA) is 28.5 Å². The lowest BCUT2D eigenvalue weighted by molar-refractivity contribution is 0.0665. The van der Waals surface area contributed by atoms with Gasteiger partial charge in [-0.3, -0.25) is 4.79 Å². The SMILES string of the molecule is CN1CCN(C(=O)c2cn(C)cc2-c2cccc3ccccc23)CC1. The van der Waals surface area contributed by atoms with E-state index in [1.165, 1.54) is 10.8 Å². The zero-order valence-corrected chi connectivity index (χ0v) is 14.8. The van der Waals surface area contributed by atoms with Crippen LogP contribution in [0.2, 0.25) is 0 Å². The minimum absolute atomic E-state index is 0.136. The number of fused-ring (bicyclic) bond motifs is 1. The molecule has 1 fully saturated rings. The lowest BCUT2D eigenvalue weighted by Crippen LogP contribution is -2.47. The van der Waals surface area contributed by atoms with Crippen molar-refractivity contribution in [2.24, 2.45) is 7.05 Å². The number of rotatable bonds is 2. The number of likely N-dealkylation sites (N-methyl/N-ethyl adjacent to an activating group) is 1. The Bertz CT molecular complexity index is 915. The molecule has 128 valence electrons. The maximum absolute atomic E-state index is 13.1. The van der Waals surface area contributed by atoms with Gasteiger partial charge in [-0.1, -0.05) is 42.5 Å². The van der Waals surface area contributed by atoms with Crippen molar-refractivity contribution in [1.82, 2.24) is 14.4 Å². The third kappa shape index (κ3) is 2.94. The van der Waals surface area contributed by atoms with Crippen LogP contribution in [0.5, 0.6) is 0 Å². The van der Waals surface area contributed by atoms with E-state index in [2.05, 4.69) is 54.5 Å². The third-order valence-electron chi connectivity index (χ3n) is 5.06. The maximum atomic E-state index is 13.1. The smallest absolute Gasteiger partial charge is 0.256 e. The number of piperazine rings is 1. The van der Waals surface area contributed by atoms with Gasteiger partial charge < -0.3 is 14.4 Å². The molecule has 2 heterocycles. The first-order valence-corrected chi connectivity index (χ1v) is 8.75. The van der Waals surface area contributed by atoms with E-state index in [1.54, 1.807) is 0 Å². The molecule has 1 aliphatic rings. The molecule has 1 aromatic heterocycles. The maximum Gasteiger partial charge on any atom is 0.256 e. The van der Waals surface area contributed by atoms with Crippen molar-refractivity contribution < 1.29 is 4.79 Å². The number of aromatic nitrogens is 1. The zero-order chi connectivity index (χ0) is 17.4. The van der Waals surface area contributed by atoms with Crippen LogP contribution in [0.25, 0.3) is 21.9 Å². The van der Waals surface area contributed by atoms with Gasteiger partial charge in [-0.2, -0.15) is 0 Å². The standard InChI is InChI=1S/C21H23N3O/c1-22-10-12-24(13-11-22)21(25)20-15-23(2)14-19(20)18-9-5-7-16-6-3-4-8-17(16)18/h3-9,14-15H,10-13H2,1-2H3. The molecule has 0 spiro atoms. The molecule has 4 heteroatoms. The highest BCUT2D eigenvalue weighted by Gasteiger charge is 2.24. The van der Waals surface area contributed by atoms with Crippen LogP contribution in [0.3, 0.4) is 0 Å². The summed E-state index contributed by atoms with van der Waals surface area (Å²) < 4.78 is 1.99. The molecule has 0 unspecified atom stereocenters. The van der Waals surface area contributed by atoms with Crippen molar-refractivity contribution in [2.75, 3.05) is 33.2 Å². The minimum Gasteiger partial charge on any atom is -0.356 e. The molecule has 0 atom stereocenters. The summed E-state index contributed by atoms with van der Waals surface area (Å²) in [5.41, 5.74) is 2.93. The van der Waals surface area contributed by atoms with Gasteiger partial charge >= 0.3 is 0 Å². The van der Waals surface area contributed by atoms with Crippen LogP contribution in [-0.4, -0.2) is 53.5 Å². The summed E-state index contributed by atoms with van der Waals surface area (Å²) in [6.07, 6.45) is 4.02. The van der Waals surface area contributed by atoms with E-state index in [0.717, 1.165) is 42.9 Å². The molecule has 2 aromatic carbocycles. The van der Waals surface area contributed by atoms with Gasteiger partial charge in [-0.05, 0) is 23.4 Å². The first-order chi connectivity index (χ1) is 12.1. The largest absolute Gasteiger partial charge is 0.356 e. The Morgan fingerprint density at radius 1 is 0.840 bits per heavy atom. The van der Waals surface area contributed by atoms with E-state index in [-0.39, 0.29) is 5.91 Å². The van der Waals surface area contributed by atoms with Crippen molar-refractivity contribution >= 4 is 16.7 Å². The van der Waals surface area contributed by atoms with Gasteiger partial charge in [0.05, 0.1) is 5.56 Å². The average molecular weight is 333 g/mol. The van der Waals surface area contributed by atoms with Crippen LogP contribution in [0.15, 0.2) is 54.9 Å². The lowest BCUT2D eigenvalue weighted by Gasteiger charge is -2.32. The molecule has 0 N–H and O–H groups in total. The molecule has 3 aromatic rings. The highest BCUT2D eigenvalue weighted by atomic mass is 16.2. The molecular formula is C21H23N3O. The number of carbonyl (C=O) groups is 1. The fourth-order valence-electron chi connectivity index (χ4n) is 3.61. The Balaban J connectivity index is 1.78. The van der Waals surface area contributed by atoms with Crippen molar-refractivity contribution in [2.45, 2.75) is 0 Å². The van der Waals surface area contributed by atoms with Crippen LogP contribution < -0.4 is 0 Å². The first-order valence-electron chi connectivity index (χ1n) is 8.75. The van der Waals surface area contributed by atoms with E-state index in [0.29, 0.717) is 0 Å². The van der Waals surface area contributed by atoms with Crippen LogP contribution in [0, 0.1) is 0 Å². The highest BCUT2D eigenvalue weighted by molar-refractivity contribution is 6.06. The van der Waals surface area contributed by atoms with Crippen molar-refractivity contribution in [3.05, 3.63) is 60.4 Å². The molecule has 1 saturated heterocycles. The predicted molar refractivity (Wildman–Crippen MR) is 102 cm³/mol. The molecule has 4 rings (SSSR count). The number of benzene rings is 2. The first kappa shape index (κ1) is 15.9. The molecule has 0 radical (unpaired) electrons. The molecule has 1 amide bonds. The summed E-state index contributed by atoms with van der Waals surface area (Å²) in [4.78, 5) is 17.4. The molecule has 0 bridgehead atoms. The van der Waals surface area contributed by atoms with Crippen molar-refractivity contribution in [3.63, 3.8) is 0 Å². The Labute approximate surface area is 148 Å². The number of hydrogen-bond acceptors (Lipinski definition) is 2. The summed E-state index contributed by atoms with van der Waals surface area (Å²) in [6.45, 7) is 3.45. The summed E-state index contributed by atoms with van der Waals surface area (Å²) in [7, 11) is 4.08. The number of carbonyl (C=O) groups excluding carboxylic acids is 1. The quantitative estimate of drug-likeness (QED) is 0.720. The molecule has 0 saturated carbocycles. The van der Waals surface area contributed by atoms with Crippen molar-refractivity contribution in [1.29, 1.82) is 0 Å². The third-order valence-corrected chi connectivity index (χ3v) is 5.06. The fourth-order valence-corrected chi connectivity index (χ4v) is 3.61. The summed E-state index contributed by atoms with van der Waals surface area (Å²) in [5, 5.41) is 2.38. The van der Waals surface area contributed by atoms with Gasteiger partial charge in [0, 0.05) is 51.2 Å². The van der Waals surface area contributed by atoms with Gasteiger partial charge in [0.15, 0.2) is 0 Å². The second-order valence-electron chi connectivity index (χ2n) is 6.87. The van der Waals surface area contributed by atoms with Gasteiger partial charge in [0.25, 0.3) is 5.91 Å². The summed E-state index contributed by atoms with van der Waals surface area (Å²) in [5.74, 6) is 0.136. The number of amides is 1. The summed E-state index contributed by atoms with van der Waals surface area (Å²) >= 11 is 0.